The molecule has 1 aliphatic heterocycles. The lowest BCUT2D eigenvalue weighted by molar-refractivity contribution is 0.602. The van der Waals surface area contributed by atoms with Gasteiger partial charge in [0.2, 0.25) is 0 Å². The van der Waals surface area contributed by atoms with Crippen LogP contribution >= 0.6 is 0 Å². The number of nitrogens with one attached hydrogen (secondary N) is 1. The van der Waals surface area contributed by atoms with E-state index in [1.54, 1.807) is 24.6 Å². The molecule has 0 aromatic heterocycles. The van der Waals surface area contributed by atoms with Gasteiger partial charge in [0.1, 0.15) is 0 Å². The van der Waals surface area contributed by atoms with Crippen LogP contribution in [0.5, 0.6) is 0 Å². The number of rotatable bonds is 6. The molecule has 1 aliphatic rings. The van der Waals surface area contributed by atoms with Gasteiger partial charge in [0, 0.05) is 12.4 Å². The fourth-order valence-corrected chi connectivity index (χ4v) is 1.32. The van der Waals surface area contributed by atoms with Gasteiger partial charge < -0.3 is 0 Å². The first kappa shape index (κ1) is 14.9. The highest BCUT2D eigenvalue weighted by molar-refractivity contribution is 5.81. The lowest BCUT2D eigenvalue weighted by Crippen LogP contribution is -1.90. The van der Waals surface area contributed by atoms with E-state index in [9.17, 15) is 0 Å². The number of unbranched alkanes of at least 4 members (excludes halogenated alkanes) is 6. The highest BCUT2D eigenvalue weighted by atomic mass is 15.5. The first-order valence-electron chi connectivity index (χ1n) is 6.38. The van der Waals surface area contributed by atoms with Gasteiger partial charge in [-0.05, 0) is 12.2 Å². The number of hydrogen-bond donors (Lipinski definition) is 1. The van der Waals surface area contributed by atoms with Gasteiger partial charge in [-0.2, -0.15) is 15.7 Å². The molecule has 16 heavy (non-hydrogen) atoms. The van der Waals surface area contributed by atoms with Crippen molar-refractivity contribution in [1.82, 2.24) is 5.53 Å². The smallest absolute Gasteiger partial charge is 0.0489 e. The van der Waals surface area contributed by atoms with Crippen molar-refractivity contribution in [2.75, 3.05) is 0 Å². The molecule has 3 heteroatoms. The Morgan fingerprint density at radius 2 is 1.19 bits per heavy atom. The van der Waals surface area contributed by atoms with Gasteiger partial charge in [0.05, 0.1) is 0 Å². The van der Waals surface area contributed by atoms with E-state index in [1.807, 2.05) is 0 Å². The number of hydrogen-bond acceptors (Lipinski definition) is 3. The van der Waals surface area contributed by atoms with E-state index >= 15 is 0 Å². The van der Waals surface area contributed by atoms with E-state index in [-0.39, 0.29) is 0 Å². The lowest BCUT2D eigenvalue weighted by Gasteiger charge is -1.96. The normalized spacial score (nSPS) is 12.6. The quantitative estimate of drug-likeness (QED) is 0.682. The second-order valence-corrected chi connectivity index (χ2v) is 3.81. The topological polar surface area (TPSA) is 36.8 Å². The molecule has 0 atom stereocenters. The molecule has 0 bridgehead atoms. The maximum atomic E-state index is 3.61. The summed E-state index contributed by atoms with van der Waals surface area (Å²) in [7, 11) is 0. The fraction of sp³-hybridized carbons (Fsp3) is 0.692. The average Bonchev–Trinajstić information content (AvgIpc) is 2.62. The largest absolute Gasteiger partial charge is 0.198 e. The van der Waals surface area contributed by atoms with Crippen molar-refractivity contribution in [2.24, 2.45) is 10.2 Å². The Morgan fingerprint density at radius 3 is 1.62 bits per heavy atom. The van der Waals surface area contributed by atoms with Crippen molar-refractivity contribution in [3.8, 4) is 0 Å². The van der Waals surface area contributed by atoms with Gasteiger partial charge >= 0.3 is 0 Å². The maximum absolute atomic E-state index is 3.61. The van der Waals surface area contributed by atoms with E-state index in [0.717, 1.165) is 0 Å². The van der Waals surface area contributed by atoms with Gasteiger partial charge in [0.25, 0.3) is 0 Å². The molecular formula is C13H25N3. The molecule has 0 saturated heterocycles. The molecular weight excluding hydrogens is 198 g/mol. The second kappa shape index (κ2) is 13.9. The van der Waals surface area contributed by atoms with Gasteiger partial charge in [-0.3, -0.25) is 0 Å². The van der Waals surface area contributed by atoms with E-state index in [1.165, 1.54) is 44.9 Å². The standard InChI is InChI=1S/C9H20.C4H5N3/c1-3-5-7-9-8-6-4-2;1-2-4-6-7-5-3-1/h3-9H2,1-2H3;1-4,7H. The molecule has 0 amide bonds. The summed E-state index contributed by atoms with van der Waals surface area (Å²) in [4.78, 5) is 0. The first-order valence-corrected chi connectivity index (χ1v) is 6.38. The summed E-state index contributed by atoms with van der Waals surface area (Å²) in [6, 6.07) is 0. The summed E-state index contributed by atoms with van der Waals surface area (Å²) in [5, 5.41) is 7.22. The van der Waals surface area contributed by atoms with Gasteiger partial charge in [-0.25, -0.2) is 0 Å². The predicted octanol–water partition coefficient (Wildman–Crippen LogP) is 3.87. The highest BCUT2D eigenvalue weighted by Crippen LogP contribution is 2.05. The molecule has 0 aliphatic carbocycles. The molecule has 1 N–H and O–H groups in total. The molecule has 1 heterocycles. The second-order valence-electron chi connectivity index (χ2n) is 3.81. The minimum absolute atomic E-state index is 1.37. The zero-order valence-electron chi connectivity index (χ0n) is 10.7. The third kappa shape index (κ3) is 12.9. The third-order valence-electron chi connectivity index (χ3n) is 2.25. The molecule has 0 aromatic carbocycles. The monoisotopic (exact) mass is 223 g/mol. The number of hydrazone groups is 2. The third-order valence-corrected chi connectivity index (χ3v) is 2.25. The Balaban J connectivity index is 0.000000288. The SMILES string of the molecule is C1=CC=NNN=C1.CCCCCCCCC. The summed E-state index contributed by atoms with van der Waals surface area (Å²) in [6.07, 6.45) is 16.8. The van der Waals surface area contributed by atoms with Crippen LogP contribution in [0.4, 0.5) is 0 Å². The lowest BCUT2D eigenvalue weighted by atomic mass is 10.1. The van der Waals surface area contributed by atoms with Crippen LogP contribution in [0, 0.1) is 0 Å². The summed E-state index contributed by atoms with van der Waals surface area (Å²) in [6.45, 7) is 4.53. The molecule has 0 unspecified atom stereocenters. The van der Waals surface area contributed by atoms with E-state index in [0.29, 0.717) is 0 Å². The molecule has 3 nitrogen and oxygen atoms in total. The van der Waals surface area contributed by atoms with Crippen molar-refractivity contribution >= 4 is 12.4 Å². The van der Waals surface area contributed by atoms with Gasteiger partial charge in [-0.15, -0.1) is 0 Å². The molecule has 1 rings (SSSR count). The number of nitrogens with zero attached hydrogens (tertiary/aromatic N) is 2. The van der Waals surface area contributed by atoms with Crippen LogP contribution in [0.15, 0.2) is 22.4 Å². The zero-order valence-corrected chi connectivity index (χ0v) is 10.7. The van der Waals surface area contributed by atoms with Crippen molar-refractivity contribution in [1.29, 1.82) is 0 Å². The van der Waals surface area contributed by atoms with Gasteiger partial charge in [0.15, 0.2) is 0 Å². The minimum Gasteiger partial charge on any atom is -0.198 e. The Kier molecular flexibility index (Phi) is 12.9. The molecule has 0 fully saturated rings. The van der Waals surface area contributed by atoms with Gasteiger partial charge in [-0.1, -0.05) is 58.8 Å². The molecule has 0 spiro atoms. The van der Waals surface area contributed by atoms with Crippen molar-refractivity contribution < 1.29 is 0 Å². The molecule has 92 valence electrons. The van der Waals surface area contributed by atoms with Crippen LogP contribution in [0.3, 0.4) is 0 Å². The summed E-state index contributed by atoms with van der Waals surface area (Å²) in [5.74, 6) is 0. The zero-order chi connectivity index (χ0) is 11.9. The van der Waals surface area contributed by atoms with Crippen LogP contribution in [0.1, 0.15) is 58.8 Å². The Labute approximate surface area is 99.7 Å². The Morgan fingerprint density at radius 1 is 0.750 bits per heavy atom. The fourth-order valence-electron chi connectivity index (χ4n) is 1.32. The van der Waals surface area contributed by atoms with Crippen LogP contribution in [-0.4, -0.2) is 12.4 Å². The molecule has 0 aromatic rings. The summed E-state index contributed by atoms with van der Waals surface area (Å²) < 4.78 is 0. The van der Waals surface area contributed by atoms with Crippen LogP contribution in [0.2, 0.25) is 0 Å². The van der Waals surface area contributed by atoms with Crippen molar-refractivity contribution in [2.45, 2.75) is 58.8 Å². The average molecular weight is 223 g/mol. The van der Waals surface area contributed by atoms with E-state index in [2.05, 4.69) is 29.6 Å². The minimum atomic E-state index is 1.37. The van der Waals surface area contributed by atoms with Crippen LogP contribution in [0.25, 0.3) is 0 Å². The van der Waals surface area contributed by atoms with E-state index in [4.69, 9.17) is 0 Å². The van der Waals surface area contributed by atoms with Crippen molar-refractivity contribution in [3.63, 3.8) is 0 Å². The summed E-state index contributed by atoms with van der Waals surface area (Å²) >= 11 is 0. The Hall–Kier alpha value is -1.12. The highest BCUT2D eigenvalue weighted by Gasteiger charge is 1.85. The first-order chi connectivity index (χ1) is 7.91. The Bertz CT molecular complexity index is 187. The molecule has 0 saturated carbocycles. The van der Waals surface area contributed by atoms with E-state index < -0.39 is 0 Å². The predicted molar refractivity (Wildman–Crippen MR) is 72.9 cm³/mol. The summed E-state index contributed by atoms with van der Waals surface area (Å²) in [5.41, 5.74) is 2.42. The van der Waals surface area contributed by atoms with Crippen LogP contribution < -0.4 is 5.53 Å². The van der Waals surface area contributed by atoms with Crippen LogP contribution in [-0.2, 0) is 0 Å². The van der Waals surface area contributed by atoms with Crippen molar-refractivity contribution in [3.05, 3.63) is 12.2 Å². The maximum Gasteiger partial charge on any atom is 0.0489 e. The number of allylic oxidation sites excluding steroid dienone is 2. The molecule has 0 radical (unpaired) electrons.